The quantitative estimate of drug-likeness (QED) is 0.132. The number of thioether (sulfide) groups is 1. The highest BCUT2D eigenvalue weighted by Gasteiger charge is 2.16. The third-order valence-corrected chi connectivity index (χ3v) is 9.41. The van der Waals surface area contributed by atoms with E-state index in [0.29, 0.717) is 45.3 Å². The number of halogens is 2. The minimum Gasteiger partial charge on any atom is -0.356 e. The molecule has 4 rings (SSSR count). The second-order valence-corrected chi connectivity index (χ2v) is 13.0. The summed E-state index contributed by atoms with van der Waals surface area (Å²) in [4.78, 5) is 42.9. The van der Waals surface area contributed by atoms with Gasteiger partial charge in [-0.2, -0.15) is 0 Å². The van der Waals surface area contributed by atoms with Gasteiger partial charge in [-0.25, -0.2) is 18.5 Å². The SMILES string of the molecule is NS(=O)(=O)c1ccc(CCNC(=O)CCCn2c(SCC(=O)c3ccc(Cl)c(Cl)c3)nc3ccsc3c2=O)cc1. The van der Waals surface area contributed by atoms with Crippen LogP contribution < -0.4 is 16.0 Å². The van der Waals surface area contributed by atoms with Crippen LogP contribution in [0, 0.1) is 0 Å². The summed E-state index contributed by atoms with van der Waals surface area (Å²) in [5.74, 6) is -0.324. The van der Waals surface area contributed by atoms with Gasteiger partial charge in [-0.05, 0) is 60.2 Å². The van der Waals surface area contributed by atoms with Crippen LogP contribution in [-0.4, -0.2) is 42.0 Å². The Kier molecular flexibility index (Phi) is 10.0. The van der Waals surface area contributed by atoms with E-state index in [-0.39, 0.29) is 45.9 Å². The molecule has 0 aliphatic heterocycles. The van der Waals surface area contributed by atoms with Gasteiger partial charge < -0.3 is 5.32 Å². The van der Waals surface area contributed by atoms with Gasteiger partial charge in [0.15, 0.2) is 10.9 Å². The number of carbonyl (C=O) groups is 2. The van der Waals surface area contributed by atoms with E-state index in [1.807, 2.05) is 0 Å². The number of nitrogens with two attached hydrogens (primary N) is 1. The average molecular weight is 640 g/mol. The maximum atomic E-state index is 13.2. The first kappa shape index (κ1) is 30.2. The molecule has 14 heteroatoms. The molecular weight excluding hydrogens is 615 g/mol. The molecule has 40 heavy (non-hydrogen) atoms. The summed E-state index contributed by atoms with van der Waals surface area (Å²) in [5, 5.41) is 10.8. The van der Waals surface area contributed by atoms with E-state index in [9.17, 15) is 22.8 Å². The second-order valence-electron chi connectivity index (χ2n) is 8.72. The Balaban J connectivity index is 1.34. The third-order valence-electron chi connectivity index (χ3n) is 5.88. The van der Waals surface area contributed by atoms with Crippen LogP contribution in [0.3, 0.4) is 0 Å². The molecule has 0 atom stereocenters. The monoisotopic (exact) mass is 638 g/mol. The van der Waals surface area contributed by atoms with Gasteiger partial charge in [-0.3, -0.25) is 19.0 Å². The van der Waals surface area contributed by atoms with Crippen molar-refractivity contribution in [2.45, 2.75) is 35.9 Å². The topological polar surface area (TPSA) is 141 Å². The van der Waals surface area contributed by atoms with Crippen molar-refractivity contribution in [3.05, 3.63) is 85.4 Å². The first-order valence-corrected chi connectivity index (χ1v) is 16.2. The fourth-order valence-electron chi connectivity index (χ4n) is 3.79. The highest BCUT2D eigenvalue weighted by atomic mass is 35.5. The lowest BCUT2D eigenvalue weighted by molar-refractivity contribution is -0.121. The minimum atomic E-state index is -3.75. The van der Waals surface area contributed by atoms with Gasteiger partial charge in [0.05, 0.1) is 26.2 Å². The minimum absolute atomic E-state index is 0.0297. The summed E-state index contributed by atoms with van der Waals surface area (Å²) in [6.07, 6.45) is 1.09. The number of thiophene rings is 1. The molecule has 0 saturated heterocycles. The van der Waals surface area contributed by atoms with E-state index < -0.39 is 10.0 Å². The molecule has 0 saturated carbocycles. The average Bonchev–Trinajstić information content (AvgIpc) is 3.39. The zero-order valence-corrected chi connectivity index (χ0v) is 24.9. The van der Waals surface area contributed by atoms with Crippen LogP contribution in [0.1, 0.15) is 28.8 Å². The molecule has 0 spiro atoms. The van der Waals surface area contributed by atoms with E-state index in [1.54, 1.807) is 35.7 Å². The van der Waals surface area contributed by atoms with Crippen molar-refractivity contribution < 1.29 is 18.0 Å². The molecule has 0 unspecified atom stereocenters. The number of amides is 1. The fraction of sp³-hybridized carbons (Fsp3) is 0.231. The second kappa shape index (κ2) is 13.3. The fourth-order valence-corrected chi connectivity index (χ4v) is 6.30. The van der Waals surface area contributed by atoms with E-state index in [0.717, 1.165) is 17.3 Å². The normalized spacial score (nSPS) is 11.6. The predicted octanol–water partition coefficient (Wildman–Crippen LogP) is 4.53. The Labute approximate surface area is 248 Å². The number of primary sulfonamides is 1. The van der Waals surface area contributed by atoms with Crippen molar-refractivity contribution in [3.63, 3.8) is 0 Å². The molecule has 0 aliphatic rings. The summed E-state index contributed by atoms with van der Waals surface area (Å²) in [6, 6.07) is 12.6. The lowest BCUT2D eigenvalue weighted by Crippen LogP contribution is -2.27. The molecular formula is C26H24Cl2N4O5S3. The number of carbonyl (C=O) groups excluding carboxylic acids is 2. The molecule has 1 amide bonds. The number of benzene rings is 2. The van der Waals surface area contributed by atoms with Gasteiger partial charge in [0, 0.05) is 25.1 Å². The third kappa shape index (κ3) is 7.71. The van der Waals surface area contributed by atoms with Crippen molar-refractivity contribution in [1.29, 1.82) is 0 Å². The summed E-state index contributed by atoms with van der Waals surface area (Å²) >= 11 is 14.4. The van der Waals surface area contributed by atoms with Gasteiger partial charge in [-0.15, -0.1) is 11.3 Å². The Hall–Kier alpha value is -2.74. The van der Waals surface area contributed by atoms with Crippen molar-refractivity contribution in [2.24, 2.45) is 5.14 Å². The first-order valence-electron chi connectivity index (χ1n) is 12.0. The maximum absolute atomic E-state index is 13.2. The van der Waals surface area contributed by atoms with Crippen molar-refractivity contribution >= 4 is 78.2 Å². The summed E-state index contributed by atoms with van der Waals surface area (Å²) < 4.78 is 24.7. The first-order chi connectivity index (χ1) is 19.0. The number of rotatable bonds is 12. The van der Waals surface area contributed by atoms with Crippen molar-refractivity contribution in [3.8, 4) is 0 Å². The van der Waals surface area contributed by atoms with Gasteiger partial charge >= 0.3 is 0 Å². The van der Waals surface area contributed by atoms with Crippen LogP contribution in [-0.2, 0) is 27.8 Å². The molecule has 210 valence electrons. The summed E-state index contributed by atoms with van der Waals surface area (Å²) in [6.45, 7) is 0.625. The Morgan fingerprint density at radius 1 is 1.07 bits per heavy atom. The molecule has 0 radical (unpaired) electrons. The lowest BCUT2D eigenvalue weighted by atomic mass is 10.1. The van der Waals surface area contributed by atoms with Crippen LogP contribution in [0.25, 0.3) is 10.2 Å². The van der Waals surface area contributed by atoms with Crippen molar-refractivity contribution in [2.75, 3.05) is 12.3 Å². The van der Waals surface area contributed by atoms with E-state index in [4.69, 9.17) is 28.3 Å². The standard InChI is InChI=1S/C26H24Cl2N4O5S3/c27-19-8-5-17(14-20(19)28)22(33)15-39-26-31-21-10-13-38-24(21)25(35)32(26)12-1-2-23(34)30-11-9-16-3-6-18(7-4-16)40(29,36)37/h3-8,10,13-14H,1-2,9,11-12,15H2,(H,30,34)(H2,29,36,37). The lowest BCUT2D eigenvalue weighted by Gasteiger charge is -2.12. The van der Waals surface area contributed by atoms with Gasteiger partial charge in [-0.1, -0.05) is 47.1 Å². The number of Topliss-reactive ketones (excluding diaryl/α,β-unsaturated/α-hetero) is 1. The van der Waals surface area contributed by atoms with Gasteiger partial charge in [0.2, 0.25) is 15.9 Å². The molecule has 4 aromatic rings. The molecule has 2 aromatic carbocycles. The number of sulfonamides is 1. The molecule has 2 aromatic heterocycles. The largest absolute Gasteiger partial charge is 0.356 e. The smallest absolute Gasteiger partial charge is 0.272 e. The molecule has 0 aliphatic carbocycles. The molecule has 0 fully saturated rings. The van der Waals surface area contributed by atoms with Gasteiger partial charge in [0.25, 0.3) is 5.56 Å². The Morgan fingerprint density at radius 3 is 2.52 bits per heavy atom. The Morgan fingerprint density at radius 2 is 1.82 bits per heavy atom. The zero-order valence-electron chi connectivity index (χ0n) is 20.9. The number of hydrogen-bond donors (Lipinski definition) is 2. The van der Waals surface area contributed by atoms with Crippen LogP contribution in [0.4, 0.5) is 0 Å². The maximum Gasteiger partial charge on any atom is 0.272 e. The number of fused-ring (bicyclic) bond motifs is 1. The van der Waals surface area contributed by atoms with Crippen LogP contribution in [0.5, 0.6) is 0 Å². The number of hydrogen-bond acceptors (Lipinski definition) is 8. The summed E-state index contributed by atoms with van der Waals surface area (Å²) in [7, 11) is -3.75. The Bertz CT molecular complexity index is 1720. The van der Waals surface area contributed by atoms with Crippen molar-refractivity contribution in [1.82, 2.24) is 14.9 Å². The van der Waals surface area contributed by atoms with E-state index in [2.05, 4.69) is 10.3 Å². The highest BCUT2D eigenvalue weighted by molar-refractivity contribution is 7.99. The predicted molar refractivity (Wildman–Crippen MR) is 159 cm³/mol. The molecule has 3 N–H and O–H groups in total. The molecule has 2 heterocycles. The van der Waals surface area contributed by atoms with Crippen LogP contribution >= 0.6 is 46.3 Å². The zero-order chi connectivity index (χ0) is 28.9. The number of nitrogens with one attached hydrogen (secondary N) is 1. The van der Waals surface area contributed by atoms with Crippen LogP contribution in [0.15, 0.2) is 68.8 Å². The van der Waals surface area contributed by atoms with E-state index >= 15 is 0 Å². The van der Waals surface area contributed by atoms with Crippen LogP contribution in [0.2, 0.25) is 10.0 Å². The van der Waals surface area contributed by atoms with Gasteiger partial charge in [0.1, 0.15) is 4.70 Å². The number of aromatic nitrogens is 2. The number of nitrogens with zero attached hydrogens (tertiary/aromatic N) is 2. The van der Waals surface area contributed by atoms with E-state index in [1.165, 1.54) is 34.1 Å². The molecule has 0 bridgehead atoms. The number of ketones is 1. The summed E-state index contributed by atoms with van der Waals surface area (Å²) in [5.41, 5.74) is 1.61. The molecule has 9 nitrogen and oxygen atoms in total. The highest BCUT2D eigenvalue weighted by Crippen LogP contribution is 2.25.